The van der Waals surface area contributed by atoms with Crippen LogP contribution in [-0.4, -0.2) is 99.4 Å². The van der Waals surface area contributed by atoms with Crippen LogP contribution in [0.3, 0.4) is 0 Å². The van der Waals surface area contributed by atoms with E-state index in [4.69, 9.17) is 4.74 Å². The van der Waals surface area contributed by atoms with Crippen molar-refractivity contribution in [2.45, 2.75) is 49.2 Å². The maximum atomic E-state index is 16.9. The fourth-order valence-electron chi connectivity index (χ4n) is 11.7. The van der Waals surface area contributed by atoms with Gasteiger partial charge >= 0.3 is 12.0 Å². The number of urea groups is 1. The van der Waals surface area contributed by atoms with Gasteiger partial charge in [0.05, 0.1) is 36.3 Å². The number of esters is 1. The van der Waals surface area contributed by atoms with Crippen molar-refractivity contribution in [1.29, 1.82) is 0 Å². The Kier molecular flexibility index (Phi) is 13.4. The number of aromatic nitrogens is 2. The fraction of sp³-hybridized carbons (Fsp3) is 0.246. The van der Waals surface area contributed by atoms with E-state index in [9.17, 15) is 5.11 Å². The molecule has 0 unspecified atom stereocenters. The molecular weight excluding hydrogens is 941 g/mol. The Labute approximate surface area is 436 Å². The maximum Gasteiger partial charge on any atom is 0.329 e. The van der Waals surface area contributed by atoms with Gasteiger partial charge < -0.3 is 25.0 Å². The number of rotatable bonds is 10. The summed E-state index contributed by atoms with van der Waals surface area (Å²) in [4.78, 5) is 82.1. The molecule has 4 aliphatic heterocycles. The van der Waals surface area contributed by atoms with Crippen LogP contribution in [-0.2, 0) is 31.1 Å². The summed E-state index contributed by atoms with van der Waals surface area (Å²) in [5, 5.41) is 14.0. The number of ether oxygens (including phenoxy) is 1. The van der Waals surface area contributed by atoms with Crippen LogP contribution in [0.2, 0.25) is 0 Å². The van der Waals surface area contributed by atoms with Crippen molar-refractivity contribution < 1.29 is 29.0 Å². The van der Waals surface area contributed by atoms with Gasteiger partial charge in [0.15, 0.2) is 0 Å². The zero-order chi connectivity index (χ0) is 51.6. The summed E-state index contributed by atoms with van der Waals surface area (Å²) in [7, 11) is 2.00. The number of imide groups is 1. The van der Waals surface area contributed by atoms with Crippen molar-refractivity contribution >= 4 is 35.5 Å². The molecular formula is C61H56N8O6. The van der Waals surface area contributed by atoms with Crippen molar-refractivity contribution in [2.75, 3.05) is 49.6 Å². The van der Waals surface area contributed by atoms with Crippen molar-refractivity contribution in [1.82, 2.24) is 30.0 Å². The fourth-order valence-corrected chi connectivity index (χ4v) is 11.7. The van der Waals surface area contributed by atoms with E-state index in [1.165, 1.54) is 0 Å². The summed E-state index contributed by atoms with van der Waals surface area (Å²) in [5.74, 6) is 3.95. The number of piperazine rings is 1. The molecule has 7 atom stereocenters. The molecule has 0 saturated carbocycles. The quantitative estimate of drug-likeness (QED) is 0.101. The van der Waals surface area contributed by atoms with E-state index in [0.717, 1.165) is 27.2 Å². The first kappa shape index (κ1) is 48.6. The Bertz CT molecular complexity index is 3260. The molecule has 2 N–H and O–H groups in total. The largest absolute Gasteiger partial charge is 0.508 e. The number of carbonyl (C=O) groups excluding carboxylic acids is 4. The van der Waals surface area contributed by atoms with Crippen LogP contribution in [0.5, 0.6) is 5.75 Å². The van der Waals surface area contributed by atoms with Gasteiger partial charge in [-0.2, -0.15) is 0 Å². The summed E-state index contributed by atoms with van der Waals surface area (Å²) < 4.78 is 6.70. The molecule has 14 heteroatoms. The number of anilines is 2. The van der Waals surface area contributed by atoms with Crippen molar-refractivity contribution in [3.05, 3.63) is 221 Å². The Balaban J connectivity index is 1.13. The van der Waals surface area contributed by atoms with Crippen LogP contribution in [0.25, 0.3) is 0 Å². The molecule has 11 rings (SSSR count). The number of phenols is 1. The zero-order valence-corrected chi connectivity index (χ0v) is 41.6. The lowest BCUT2D eigenvalue weighted by molar-refractivity contribution is -0.179. The topological polar surface area (TPSA) is 152 Å². The number of aromatic hydroxyl groups is 1. The molecule has 7 aromatic rings. The van der Waals surface area contributed by atoms with Gasteiger partial charge in [-0.05, 0) is 83.8 Å². The minimum absolute atomic E-state index is 0.0149. The number of hydrogen-bond donors (Lipinski definition) is 2. The third-order valence-corrected chi connectivity index (χ3v) is 15.1. The highest BCUT2D eigenvalue weighted by Crippen LogP contribution is 2.66. The third-order valence-electron chi connectivity index (χ3n) is 15.1. The number of carbonyl (C=O) groups is 4. The van der Waals surface area contributed by atoms with Gasteiger partial charge in [0.25, 0.3) is 0 Å². The van der Waals surface area contributed by atoms with Gasteiger partial charge in [-0.1, -0.05) is 145 Å². The summed E-state index contributed by atoms with van der Waals surface area (Å²) in [6.45, 7) is 4.16. The molecule has 0 bridgehead atoms. The molecule has 6 aromatic carbocycles. The number of amides is 4. The molecule has 1 spiro atoms. The second kappa shape index (κ2) is 20.7. The van der Waals surface area contributed by atoms with E-state index in [1.54, 1.807) is 59.8 Å². The van der Waals surface area contributed by atoms with Crippen LogP contribution < -0.4 is 15.1 Å². The minimum Gasteiger partial charge on any atom is -0.508 e. The smallest absolute Gasteiger partial charge is 0.329 e. The number of benzene rings is 6. The van der Waals surface area contributed by atoms with Gasteiger partial charge in [-0.15, -0.1) is 0 Å². The van der Waals surface area contributed by atoms with E-state index in [2.05, 4.69) is 44.2 Å². The number of nitrogens with zero attached hydrogens (tertiary/aromatic N) is 7. The molecule has 0 radical (unpaired) electrons. The van der Waals surface area contributed by atoms with Crippen LogP contribution in [0.4, 0.5) is 16.4 Å². The number of morpholine rings is 1. The summed E-state index contributed by atoms with van der Waals surface area (Å²) >= 11 is 0. The molecule has 376 valence electrons. The molecule has 3 fully saturated rings. The number of hydrogen-bond acceptors (Lipinski definition) is 11. The average molecular weight is 997 g/mol. The van der Waals surface area contributed by atoms with Gasteiger partial charge in [-0.25, -0.2) is 19.7 Å². The highest BCUT2D eigenvalue weighted by atomic mass is 16.6. The van der Waals surface area contributed by atoms with Gasteiger partial charge in [0.2, 0.25) is 17.8 Å². The lowest BCUT2D eigenvalue weighted by Gasteiger charge is -2.46. The summed E-state index contributed by atoms with van der Waals surface area (Å²) in [5.41, 5.74) is 3.21. The van der Waals surface area contributed by atoms with Crippen molar-refractivity contribution in [3.8, 4) is 17.6 Å². The van der Waals surface area contributed by atoms with E-state index < -0.39 is 65.4 Å². The predicted molar refractivity (Wildman–Crippen MR) is 284 cm³/mol. The van der Waals surface area contributed by atoms with Gasteiger partial charge in [-0.3, -0.25) is 24.2 Å². The van der Waals surface area contributed by atoms with E-state index >= 15 is 19.2 Å². The SMILES string of the molecule is C[C@@H](NC(=O)N1C(=O)[C@@]2(c3cc(C#CCN(C)Cc4ccccc4)ccc31)[C@H](c1ccc(O)cc1)N1[C@H](c3ccccc3)[C@H](c3ccccc3)OC(=O)[C@H]1[C@@H]2C(=O)N1CCN(c2ncccn2)CC1)c1ccccc1. The van der Waals surface area contributed by atoms with Crippen molar-refractivity contribution in [3.63, 3.8) is 0 Å². The Morgan fingerprint density at radius 3 is 2.05 bits per heavy atom. The van der Waals surface area contributed by atoms with Gasteiger partial charge in [0.1, 0.15) is 23.3 Å². The van der Waals surface area contributed by atoms with Crippen LogP contribution >= 0.6 is 0 Å². The Morgan fingerprint density at radius 1 is 0.760 bits per heavy atom. The van der Waals surface area contributed by atoms with Crippen molar-refractivity contribution in [2.24, 2.45) is 5.92 Å². The Morgan fingerprint density at radius 2 is 1.39 bits per heavy atom. The minimum atomic E-state index is -1.99. The van der Waals surface area contributed by atoms with E-state index in [0.29, 0.717) is 48.8 Å². The summed E-state index contributed by atoms with van der Waals surface area (Å²) in [6.07, 6.45) is 2.45. The molecule has 5 heterocycles. The normalized spacial score (nSPS) is 22.5. The molecule has 75 heavy (non-hydrogen) atoms. The molecule has 4 amide bonds. The van der Waals surface area contributed by atoms with Gasteiger partial charge in [0, 0.05) is 50.7 Å². The third kappa shape index (κ3) is 9.04. The van der Waals surface area contributed by atoms with Crippen LogP contribution in [0.1, 0.15) is 70.1 Å². The van der Waals surface area contributed by atoms with Crippen LogP contribution in [0, 0.1) is 17.8 Å². The highest BCUT2D eigenvalue weighted by Gasteiger charge is 2.76. The number of nitrogens with one attached hydrogen (secondary N) is 1. The second-order valence-corrected chi connectivity index (χ2v) is 19.6. The maximum absolute atomic E-state index is 16.9. The first-order chi connectivity index (χ1) is 36.6. The molecule has 14 nitrogen and oxygen atoms in total. The van der Waals surface area contributed by atoms with Crippen LogP contribution in [0.15, 0.2) is 182 Å². The molecule has 0 aliphatic carbocycles. The highest BCUT2D eigenvalue weighted by molar-refractivity contribution is 6.24. The molecule has 3 saturated heterocycles. The monoisotopic (exact) mass is 996 g/mol. The Hall–Kier alpha value is -8.64. The predicted octanol–water partition coefficient (Wildman–Crippen LogP) is 8.15. The molecule has 1 aromatic heterocycles. The van der Waals surface area contributed by atoms with E-state index in [1.807, 2.05) is 139 Å². The standard InChI is InChI=1S/C61H56N8O6/c1-41(44-20-9-4-10-21-44)64-60(74)68-50-31-26-42(19-15-34-65(2)40-43-17-7-3-8-18-43)39-49(50)61(58(68)73)51(56(71)66-35-37-67(38-36-66)59-62-32-16-33-63-59)53-57(72)75-54(46-24-13-6-14-25-46)52(45-22-11-5-12-23-45)69(53)55(61)47-27-29-48(70)30-28-47/h3-14,16-18,20-33,39,41,51-55,70H,34-38,40H2,1-2H3,(H,64,74)/t41-,51-,52-,53-,54+,55+,61-/m1/s1. The number of fused-ring (bicyclic) bond motifs is 3. The molecule has 4 aliphatic rings. The first-order valence-electron chi connectivity index (χ1n) is 25.3. The number of phenolic OH excluding ortho intramolecular Hbond substituents is 1. The lowest BCUT2D eigenvalue weighted by atomic mass is 9.64. The first-order valence-corrected chi connectivity index (χ1v) is 25.3. The summed E-state index contributed by atoms with van der Waals surface area (Å²) in [6, 6.07) is 48.0. The lowest BCUT2D eigenvalue weighted by Crippen LogP contribution is -2.59. The second-order valence-electron chi connectivity index (χ2n) is 19.6. The number of cyclic esters (lactones) is 1. The zero-order valence-electron chi connectivity index (χ0n) is 41.6. The van der Waals surface area contributed by atoms with E-state index in [-0.39, 0.29) is 24.5 Å². The average Bonchev–Trinajstić information content (AvgIpc) is 4.03.